The summed E-state index contributed by atoms with van der Waals surface area (Å²) in [5.74, 6) is 0.596. The van der Waals surface area contributed by atoms with Gasteiger partial charge in [-0.1, -0.05) is 18.2 Å². The molecule has 7 heteroatoms. The summed E-state index contributed by atoms with van der Waals surface area (Å²) < 4.78 is 0. The molecule has 0 radical (unpaired) electrons. The first-order valence-corrected chi connectivity index (χ1v) is 10.9. The number of hydrogen-bond acceptors (Lipinski definition) is 5. The smallest absolute Gasteiger partial charge is 0.252 e. The van der Waals surface area contributed by atoms with Gasteiger partial charge in [0.15, 0.2) is 0 Å². The maximum atomic E-state index is 12.8. The third-order valence-electron chi connectivity index (χ3n) is 6.38. The molecular formula is C23H26N4O3. The number of benzene rings is 1. The molecule has 2 heterocycles. The molecule has 3 aliphatic rings. The molecule has 3 amide bonds. The van der Waals surface area contributed by atoms with E-state index in [1.165, 1.54) is 4.90 Å². The maximum Gasteiger partial charge on any atom is 0.252 e. The van der Waals surface area contributed by atoms with E-state index in [4.69, 9.17) is 4.98 Å². The highest BCUT2D eigenvalue weighted by Crippen LogP contribution is 2.30. The van der Waals surface area contributed by atoms with Crippen molar-refractivity contribution >= 4 is 34.4 Å². The van der Waals surface area contributed by atoms with Gasteiger partial charge in [0.2, 0.25) is 11.8 Å². The molecule has 3 fully saturated rings. The Kier molecular flexibility index (Phi) is 4.89. The Morgan fingerprint density at radius 2 is 1.60 bits per heavy atom. The van der Waals surface area contributed by atoms with E-state index >= 15 is 0 Å². The number of hydrogen-bond donors (Lipinski definition) is 2. The molecule has 5 rings (SSSR count). The maximum absolute atomic E-state index is 12.8. The fourth-order valence-corrected chi connectivity index (χ4v) is 4.62. The van der Waals surface area contributed by atoms with Crippen LogP contribution in [0.15, 0.2) is 30.3 Å². The summed E-state index contributed by atoms with van der Waals surface area (Å²) in [6.45, 7) is 0. The van der Waals surface area contributed by atoms with Gasteiger partial charge in [-0.3, -0.25) is 19.3 Å². The Hall–Kier alpha value is -2.96. The number of anilines is 1. The van der Waals surface area contributed by atoms with Crippen LogP contribution in [0.5, 0.6) is 0 Å². The SMILES string of the molecule is O=C(NC1CC1)c1cc(NC2CCC(N3C(=O)CCC3=O)CC2)nc2ccccc12. The van der Waals surface area contributed by atoms with E-state index in [0.717, 1.165) is 49.4 Å². The third-order valence-corrected chi connectivity index (χ3v) is 6.38. The van der Waals surface area contributed by atoms with Gasteiger partial charge in [-0.05, 0) is 50.7 Å². The first-order valence-electron chi connectivity index (χ1n) is 10.9. The lowest BCUT2D eigenvalue weighted by Gasteiger charge is -2.34. The van der Waals surface area contributed by atoms with Crippen LogP contribution in [0.1, 0.15) is 61.7 Å². The van der Waals surface area contributed by atoms with E-state index < -0.39 is 0 Å². The number of nitrogens with zero attached hydrogens (tertiary/aromatic N) is 2. The van der Waals surface area contributed by atoms with E-state index in [1.54, 1.807) is 0 Å². The zero-order valence-electron chi connectivity index (χ0n) is 16.9. The van der Waals surface area contributed by atoms with Crippen molar-refractivity contribution in [2.24, 2.45) is 0 Å². The van der Waals surface area contributed by atoms with Crippen LogP contribution in [0.4, 0.5) is 5.82 Å². The average Bonchev–Trinajstić information content (AvgIpc) is 3.50. The molecule has 30 heavy (non-hydrogen) atoms. The molecule has 2 aliphatic carbocycles. The van der Waals surface area contributed by atoms with Crippen molar-refractivity contribution in [2.45, 2.75) is 69.5 Å². The monoisotopic (exact) mass is 406 g/mol. The Morgan fingerprint density at radius 3 is 2.30 bits per heavy atom. The zero-order chi connectivity index (χ0) is 20.7. The van der Waals surface area contributed by atoms with Crippen LogP contribution in [-0.2, 0) is 9.59 Å². The summed E-state index contributed by atoms with van der Waals surface area (Å²) in [6.07, 6.45) is 6.12. The standard InChI is InChI=1S/C23H26N4O3/c28-21-11-12-22(29)27(21)16-9-7-14(8-10-16)24-20-13-18(23(30)25-15-5-6-15)17-3-1-2-4-19(17)26-20/h1-4,13-16H,5-12H2,(H,24,26)(H,25,30). The number of likely N-dealkylation sites (tertiary alicyclic amines) is 1. The molecule has 1 saturated heterocycles. The van der Waals surface area contributed by atoms with Crippen molar-refractivity contribution in [2.75, 3.05) is 5.32 Å². The summed E-state index contributed by atoms with van der Waals surface area (Å²) in [5, 5.41) is 7.42. The number of rotatable bonds is 5. The Morgan fingerprint density at radius 1 is 0.933 bits per heavy atom. The van der Waals surface area contributed by atoms with E-state index in [9.17, 15) is 14.4 Å². The van der Waals surface area contributed by atoms with E-state index in [-0.39, 0.29) is 29.8 Å². The van der Waals surface area contributed by atoms with Gasteiger partial charge in [-0.25, -0.2) is 4.98 Å². The van der Waals surface area contributed by atoms with Crippen molar-refractivity contribution in [3.8, 4) is 0 Å². The molecule has 0 unspecified atom stereocenters. The minimum atomic E-state index is -0.0473. The van der Waals surface area contributed by atoms with Gasteiger partial charge in [0.25, 0.3) is 5.91 Å². The van der Waals surface area contributed by atoms with Crippen LogP contribution >= 0.6 is 0 Å². The van der Waals surface area contributed by atoms with E-state index in [2.05, 4.69) is 10.6 Å². The van der Waals surface area contributed by atoms with E-state index in [0.29, 0.717) is 30.3 Å². The van der Waals surface area contributed by atoms with Gasteiger partial charge >= 0.3 is 0 Å². The molecule has 1 aromatic carbocycles. The summed E-state index contributed by atoms with van der Waals surface area (Å²) in [7, 11) is 0. The van der Waals surface area contributed by atoms with Crippen LogP contribution in [0.25, 0.3) is 10.9 Å². The second-order valence-electron chi connectivity index (χ2n) is 8.63. The highest BCUT2D eigenvalue weighted by molar-refractivity contribution is 6.07. The van der Waals surface area contributed by atoms with Gasteiger partial charge < -0.3 is 10.6 Å². The number of pyridine rings is 1. The van der Waals surface area contributed by atoms with Gasteiger partial charge in [0, 0.05) is 36.4 Å². The minimum absolute atomic E-state index is 0.0231. The molecule has 2 aromatic rings. The number of aromatic nitrogens is 1. The van der Waals surface area contributed by atoms with Crippen LogP contribution in [0, 0.1) is 0 Å². The lowest BCUT2D eigenvalue weighted by Crippen LogP contribution is -2.43. The largest absolute Gasteiger partial charge is 0.367 e. The number of carbonyl (C=O) groups is 3. The van der Waals surface area contributed by atoms with Crippen molar-refractivity contribution < 1.29 is 14.4 Å². The number of imide groups is 1. The minimum Gasteiger partial charge on any atom is -0.367 e. The topological polar surface area (TPSA) is 91.4 Å². The number of amides is 3. The second kappa shape index (κ2) is 7.70. The number of fused-ring (bicyclic) bond motifs is 1. The predicted octanol–water partition coefficient (Wildman–Crippen LogP) is 3.00. The number of para-hydroxylation sites is 1. The first-order chi connectivity index (χ1) is 14.6. The fourth-order valence-electron chi connectivity index (χ4n) is 4.62. The Balaban J connectivity index is 1.30. The van der Waals surface area contributed by atoms with Gasteiger partial charge in [-0.15, -0.1) is 0 Å². The molecular weight excluding hydrogens is 380 g/mol. The zero-order valence-corrected chi connectivity index (χ0v) is 16.9. The Bertz CT molecular complexity index is 993. The van der Waals surface area contributed by atoms with Gasteiger partial charge in [0.05, 0.1) is 11.1 Å². The fraction of sp³-hybridized carbons (Fsp3) is 0.478. The highest BCUT2D eigenvalue weighted by atomic mass is 16.2. The second-order valence-corrected chi connectivity index (χ2v) is 8.63. The quantitative estimate of drug-likeness (QED) is 0.745. The van der Waals surface area contributed by atoms with Crippen molar-refractivity contribution in [3.05, 3.63) is 35.9 Å². The number of carbonyl (C=O) groups excluding carboxylic acids is 3. The lowest BCUT2D eigenvalue weighted by molar-refractivity contribution is -0.141. The molecule has 1 aromatic heterocycles. The molecule has 0 atom stereocenters. The Labute approximate surface area is 175 Å². The van der Waals surface area contributed by atoms with Crippen LogP contribution < -0.4 is 10.6 Å². The average molecular weight is 406 g/mol. The van der Waals surface area contributed by atoms with E-state index in [1.807, 2.05) is 30.3 Å². The third kappa shape index (κ3) is 3.76. The van der Waals surface area contributed by atoms with Crippen molar-refractivity contribution in [1.29, 1.82) is 0 Å². The van der Waals surface area contributed by atoms with Crippen LogP contribution in [-0.4, -0.2) is 45.7 Å². The molecule has 156 valence electrons. The molecule has 2 N–H and O–H groups in total. The van der Waals surface area contributed by atoms with Gasteiger partial charge in [-0.2, -0.15) is 0 Å². The molecule has 2 saturated carbocycles. The number of nitrogens with one attached hydrogen (secondary N) is 2. The molecule has 7 nitrogen and oxygen atoms in total. The van der Waals surface area contributed by atoms with Crippen LogP contribution in [0.2, 0.25) is 0 Å². The molecule has 0 spiro atoms. The van der Waals surface area contributed by atoms with Crippen LogP contribution in [0.3, 0.4) is 0 Å². The predicted molar refractivity (Wildman–Crippen MR) is 113 cm³/mol. The summed E-state index contributed by atoms with van der Waals surface area (Å²) in [5.41, 5.74) is 1.45. The molecule has 1 aliphatic heterocycles. The van der Waals surface area contributed by atoms with Gasteiger partial charge in [0.1, 0.15) is 5.82 Å². The first kappa shape index (κ1) is 19.0. The summed E-state index contributed by atoms with van der Waals surface area (Å²) in [4.78, 5) is 43.0. The normalized spacial score (nSPS) is 24.3. The summed E-state index contributed by atoms with van der Waals surface area (Å²) >= 11 is 0. The van der Waals surface area contributed by atoms with Crippen molar-refractivity contribution in [1.82, 2.24) is 15.2 Å². The van der Waals surface area contributed by atoms with Crippen molar-refractivity contribution in [3.63, 3.8) is 0 Å². The molecule has 0 bridgehead atoms. The summed E-state index contributed by atoms with van der Waals surface area (Å²) in [6, 6.07) is 10.1. The highest BCUT2D eigenvalue weighted by Gasteiger charge is 2.37. The lowest BCUT2D eigenvalue weighted by atomic mass is 9.90.